The van der Waals surface area contributed by atoms with Crippen LogP contribution in [-0.4, -0.2) is 9.67 Å². The molecule has 96 valence electrons. The van der Waals surface area contributed by atoms with Gasteiger partial charge in [-0.05, 0) is 24.1 Å². The Balaban J connectivity index is 2.19. The number of halogens is 2. The Morgan fingerprint density at radius 2 is 2.17 bits per heavy atom. The monoisotopic (exact) mass is 267 g/mol. The Kier molecular flexibility index (Phi) is 4.04. The van der Waals surface area contributed by atoms with E-state index in [9.17, 15) is 9.50 Å². The second-order valence-electron chi connectivity index (χ2n) is 4.25. The molecule has 1 heterocycles. The van der Waals surface area contributed by atoms with E-state index < -0.39 is 6.10 Å². The molecule has 0 fully saturated rings. The van der Waals surface area contributed by atoms with Crippen LogP contribution in [0.25, 0.3) is 0 Å². The molecule has 0 saturated carbocycles. The van der Waals surface area contributed by atoms with Crippen LogP contribution in [0.15, 0.2) is 36.7 Å². The predicted octanol–water partition coefficient (Wildman–Crippen LogP) is 3.77. The van der Waals surface area contributed by atoms with Crippen LogP contribution < -0.4 is 0 Å². The molecule has 0 aliphatic heterocycles. The Labute approximate surface area is 111 Å². The predicted molar refractivity (Wildman–Crippen MR) is 70.2 cm³/mol. The van der Waals surface area contributed by atoms with E-state index in [2.05, 4.69) is 0 Å². The van der Waals surface area contributed by atoms with Gasteiger partial charge in [0.15, 0.2) is 0 Å². The highest BCUT2D eigenvalue weighted by Gasteiger charge is 2.09. The molecule has 1 atom stereocenters. The van der Waals surface area contributed by atoms with Crippen molar-refractivity contribution in [1.82, 2.24) is 4.57 Å². The molecule has 1 aromatic heterocycles. The summed E-state index contributed by atoms with van der Waals surface area (Å²) in [6, 6.07) is 6.81. The quantitative estimate of drug-likeness (QED) is 0.896. The number of hydrogen-bond donors (Lipinski definition) is 1. The highest BCUT2D eigenvalue weighted by molar-refractivity contribution is 6.30. The van der Waals surface area contributed by atoms with E-state index >= 15 is 0 Å². The first-order valence-electron chi connectivity index (χ1n) is 5.88. The minimum atomic E-state index is -0.463. The van der Waals surface area contributed by atoms with Gasteiger partial charge in [-0.25, -0.2) is 4.39 Å². The molecule has 0 aliphatic rings. The van der Waals surface area contributed by atoms with Crippen molar-refractivity contribution in [2.24, 2.45) is 0 Å². The van der Waals surface area contributed by atoms with Crippen molar-refractivity contribution in [3.05, 3.63) is 58.6 Å². The van der Waals surface area contributed by atoms with Crippen LogP contribution in [0.1, 0.15) is 30.6 Å². The molecule has 4 heteroatoms. The lowest BCUT2D eigenvalue weighted by atomic mass is 10.1. The molecular weight excluding hydrogens is 253 g/mol. The third kappa shape index (κ3) is 2.74. The number of hydrogen-bond acceptors (Lipinski definition) is 1. The lowest BCUT2D eigenvalue weighted by Crippen LogP contribution is -2.00. The van der Waals surface area contributed by atoms with Crippen LogP contribution in [0, 0.1) is 5.82 Å². The van der Waals surface area contributed by atoms with Crippen LogP contribution in [0.3, 0.4) is 0 Å². The lowest BCUT2D eigenvalue weighted by Gasteiger charge is -2.07. The zero-order valence-electron chi connectivity index (χ0n) is 10.1. The Morgan fingerprint density at radius 1 is 1.39 bits per heavy atom. The van der Waals surface area contributed by atoms with Crippen LogP contribution in [-0.2, 0) is 6.54 Å². The van der Waals surface area contributed by atoms with Gasteiger partial charge in [-0.1, -0.05) is 30.7 Å². The lowest BCUT2D eigenvalue weighted by molar-refractivity contribution is 0.173. The summed E-state index contributed by atoms with van der Waals surface area (Å²) in [7, 11) is 0. The van der Waals surface area contributed by atoms with Crippen LogP contribution in [0.4, 0.5) is 4.39 Å². The summed E-state index contributed by atoms with van der Waals surface area (Å²) in [6.07, 6.45) is 3.86. The molecule has 18 heavy (non-hydrogen) atoms. The highest BCUT2D eigenvalue weighted by Crippen LogP contribution is 2.20. The Morgan fingerprint density at radius 3 is 2.89 bits per heavy atom. The molecule has 0 radical (unpaired) electrons. The number of aliphatic hydroxyl groups is 1. The van der Waals surface area contributed by atoms with Crippen molar-refractivity contribution >= 4 is 11.6 Å². The first kappa shape index (κ1) is 13.1. The first-order valence-corrected chi connectivity index (χ1v) is 6.26. The maximum atomic E-state index is 13.7. The van der Waals surface area contributed by atoms with Gasteiger partial charge in [-0.2, -0.15) is 0 Å². The number of aromatic nitrogens is 1. The maximum absolute atomic E-state index is 13.7. The fourth-order valence-corrected chi connectivity index (χ4v) is 2.05. The fourth-order valence-electron chi connectivity index (χ4n) is 1.86. The molecule has 1 N–H and O–H groups in total. The number of benzene rings is 1. The van der Waals surface area contributed by atoms with Gasteiger partial charge < -0.3 is 9.67 Å². The number of aliphatic hydroxyl groups excluding tert-OH is 1. The van der Waals surface area contributed by atoms with Crippen molar-refractivity contribution in [2.75, 3.05) is 0 Å². The molecule has 0 bridgehead atoms. The molecule has 0 saturated heterocycles. The summed E-state index contributed by atoms with van der Waals surface area (Å²) >= 11 is 5.73. The van der Waals surface area contributed by atoms with Gasteiger partial charge in [-0.15, -0.1) is 0 Å². The fraction of sp³-hybridized carbons (Fsp3) is 0.286. The molecule has 2 rings (SSSR count). The van der Waals surface area contributed by atoms with Gasteiger partial charge in [0, 0.05) is 24.5 Å². The number of rotatable bonds is 4. The minimum absolute atomic E-state index is 0.133. The van der Waals surface area contributed by atoms with Crippen molar-refractivity contribution in [1.29, 1.82) is 0 Å². The van der Waals surface area contributed by atoms with Gasteiger partial charge in [-0.3, -0.25) is 0 Å². The summed E-state index contributed by atoms with van der Waals surface area (Å²) < 4.78 is 15.6. The molecule has 2 aromatic rings. The van der Waals surface area contributed by atoms with Crippen molar-refractivity contribution in [2.45, 2.75) is 26.0 Å². The molecule has 0 aliphatic carbocycles. The van der Waals surface area contributed by atoms with Gasteiger partial charge in [0.05, 0.1) is 11.1 Å². The van der Waals surface area contributed by atoms with Crippen LogP contribution in [0.2, 0.25) is 5.02 Å². The summed E-state index contributed by atoms with van der Waals surface area (Å²) in [5, 5.41) is 9.83. The number of nitrogens with zero attached hydrogens (tertiary/aromatic N) is 1. The topological polar surface area (TPSA) is 25.2 Å². The van der Waals surface area contributed by atoms with E-state index in [0.29, 0.717) is 18.5 Å². The maximum Gasteiger partial charge on any atom is 0.146 e. The molecule has 1 aromatic carbocycles. The van der Waals surface area contributed by atoms with E-state index in [1.54, 1.807) is 12.1 Å². The van der Waals surface area contributed by atoms with Crippen LogP contribution in [0.5, 0.6) is 0 Å². The molecule has 0 amide bonds. The minimum Gasteiger partial charge on any atom is -0.388 e. The van der Waals surface area contributed by atoms with E-state index in [1.807, 2.05) is 30.0 Å². The SMILES string of the molecule is CCC(O)c1ccn(Cc2cccc(Cl)c2F)c1. The second-order valence-corrected chi connectivity index (χ2v) is 4.66. The standard InChI is InChI=1S/C14H15ClFNO/c1-2-13(18)10-6-7-17(8-10)9-11-4-3-5-12(15)14(11)16/h3-8,13,18H,2,9H2,1H3. The molecule has 0 spiro atoms. The third-order valence-electron chi connectivity index (χ3n) is 2.93. The average molecular weight is 268 g/mol. The van der Waals surface area contributed by atoms with Crippen molar-refractivity contribution in [3.8, 4) is 0 Å². The van der Waals surface area contributed by atoms with E-state index in [0.717, 1.165) is 5.56 Å². The first-order chi connectivity index (χ1) is 8.61. The zero-order valence-corrected chi connectivity index (χ0v) is 10.9. The zero-order chi connectivity index (χ0) is 13.1. The Bertz CT molecular complexity index is 538. The van der Waals surface area contributed by atoms with Gasteiger partial charge in [0.1, 0.15) is 5.82 Å². The van der Waals surface area contributed by atoms with E-state index in [-0.39, 0.29) is 10.8 Å². The van der Waals surface area contributed by atoms with Gasteiger partial charge in [0.2, 0.25) is 0 Å². The van der Waals surface area contributed by atoms with Crippen LogP contribution >= 0.6 is 11.6 Å². The smallest absolute Gasteiger partial charge is 0.146 e. The highest BCUT2D eigenvalue weighted by atomic mass is 35.5. The average Bonchev–Trinajstić information content (AvgIpc) is 2.82. The summed E-state index contributed by atoms with van der Waals surface area (Å²) in [5.41, 5.74) is 1.38. The van der Waals surface area contributed by atoms with Gasteiger partial charge >= 0.3 is 0 Å². The largest absolute Gasteiger partial charge is 0.388 e. The summed E-state index contributed by atoms with van der Waals surface area (Å²) in [6.45, 7) is 2.32. The third-order valence-corrected chi connectivity index (χ3v) is 3.22. The van der Waals surface area contributed by atoms with Crippen molar-refractivity contribution in [3.63, 3.8) is 0 Å². The molecule has 2 nitrogen and oxygen atoms in total. The van der Waals surface area contributed by atoms with Gasteiger partial charge in [0.25, 0.3) is 0 Å². The Hall–Kier alpha value is -1.32. The molecular formula is C14H15ClFNO. The molecule has 1 unspecified atom stereocenters. The summed E-state index contributed by atoms with van der Waals surface area (Å²) in [4.78, 5) is 0. The second kappa shape index (κ2) is 5.55. The van der Waals surface area contributed by atoms with E-state index in [1.165, 1.54) is 6.07 Å². The normalized spacial score (nSPS) is 12.7. The van der Waals surface area contributed by atoms with Crippen molar-refractivity contribution < 1.29 is 9.50 Å². The summed E-state index contributed by atoms with van der Waals surface area (Å²) in [5.74, 6) is -0.384. The van der Waals surface area contributed by atoms with E-state index in [4.69, 9.17) is 11.6 Å².